The smallest absolute Gasteiger partial charge is 0.246 e. The first kappa shape index (κ1) is 18.0. The van der Waals surface area contributed by atoms with Crippen LogP contribution in [0.3, 0.4) is 0 Å². The predicted octanol–water partition coefficient (Wildman–Crippen LogP) is 2.48. The molecule has 0 aromatic heterocycles. The Morgan fingerprint density at radius 2 is 1.81 bits per heavy atom. The maximum absolute atomic E-state index is 13.9. The van der Waals surface area contributed by atoms with Crippen LogP contribution in [0.2, 0.25) is 0 Å². The van der Waals surface area contributed by atoms with E-state index in [1.165, 1.54) is 7.05 Å². The van der Waals surface area contributed by atoms with Crippen molar-refractivity contribution in [3.8, 4) is 0 Å². The Kier molecular flexibility index (Phi) is 5.83. The minimum absolute atomic E-state index is 0.0645. The molecule has 0 aliphatic heterocycles. The fourth-order valence-electron chi connectivity index (χ4n) is 2.15. The van der Waals surface area contributed by atoms with Gasteiger partial charge in [0.25, 0.3) is 0 Å². The van der Waals surface area contributed by atoms with E-state index in [9.17, 15) is 17.2 Å². The maximum Gasteiger partial charge on any atom is 0.246 e. The van der Waals surface area contributed by atoms with Crippen molar-refractivity contribution < 1.29 is 17.2 Å². The normalized spacial score (nSPS) is 14.0. The molecule has 1 unspecified atom stereocenters. The van der Waals surface area contributed by atoms with Crippen molar-refractivity contribution in [2.24, 2.45) is 11.7 Å². The third-order valence-electron chi connectivity index (χ3n) is 3.38. The number of benzene rings is 1. The van der Waals surface area contributed by atoms with Gasteiger partial charge in [0.1, 0.15) is 4.90 Å². The van der Waals surface area contributed by atoms with Crippen LogP contribution in [0.1, 0.15) is 32.8 Å². The van der Waals surface area contributed by atoms with Crippen molar-refractivity contribution >= 4 is 10.0 Å². The van der Waals surface area contributed by atoms with E-state index in [1.54, 1.807) is 6.92 Å². The van der Waals surface area contributed by atoms with Crippen molar-refractivity contribution in [2.75, 3.05) is 7.05 Å². The first-order chi connectivity index (χ1) is 9.61. The third kappa shape index (κ3) is 3.99. The molecule has 0 fully saturated rings. The highest BCUT2D eigenvalue weighted by molar-refractivity contribution is 7.89. The summed E-state index contributed by atoms with van der Waals surface area (Å²) in [4.78, 5) is -0.666. The molecule has 0 aliphatic carbocycles. The van der Waals surface area contributed by atoms with E-state index in [0.717, 1.165) is 16.4 Å². The Morgan fingerprint density at radius 1 is 1.24 bits per heavy atom. The molecule has 120 valence electrons. The van der Waals surface area contributed by atoms with Crippen molar-refractivity contribution in [3.05, 3.63) is 29.3 Å². The van der Waals surface area contributed by atoms with Gasteiger partial charge in [-0.2, -0.15) is 4.31 Å². The largest absolute Gasteiger partial charge is 0.326 e. The monoisotopic (exact) mass is 320 g/mol. The van der Waals surface area contributed by atoms with Gasteiger partial charge in [-0.1, -0.05) is 13.8 Å². The average molecular weight is 320 g/mol. The zero-order valence-electron chi connectivity index (χ0n) is 12.7. The first-order valence-electron chi connectivity index (χ1n) is 6.77. The lowest BCUT2D eigenvalue weighted by atomic mass is 10.1. The molecule has 7 heteroatoms. The van der Waals surface area contributed by atoms with Crippen LogP contribution < -0.4 is 5.73 Å². The number of rotatable bonds is 6. The van der Waals surface area contributed by atoms with Gasteiger partial charge in [-0.05, 0) is 37.0 Å². The summed E-state index contributed by atoms with van der Waals surface area (Å²) in [5.41, 5.74) is 5.62. The summed E-state index contributed by atoms with van der Waals surface area (Å²) in [6, 6.07) is 1.68. The molecule has 0 saturated carbocycles. The Labute approximate surface area is 125 Å². The number of nitrogens with two attached hydrogens (primary N) is 1. The fourth-order valence-corrected chi connectivity index (χ4v) is 3.64. The van der Waals surface area contributed by atoms with E-state index in [1.807, 2.05) is 13.8 Å². The third-order valence-corrected chi connectivity index (χ3v) is 5.35. The second-order valence-corrected chi connectivity index (χ2v) is 7.56. The van der Waals surface area contributed by atoms with Gasteiger partial charge in [0, 0.05) is 19.6 Å². The molecule has 21 heavy (non-hydrogen) atoms. The van der Waals surface area contributed by atoms with E-state index >= 15 is 0 Å². The lowest BCUT2D eigenvalue weighted by Gasteiger charge is -2.26. The summed E-state index contributed by atoms with van der Waals surface area (Å²) in [6.07, 6.45) is 0.621. The quantitative estimate of drug-likeness (QED) is 0.876. The summed E-state index contributed by atoms with van der Waals surface area (Å²) < 4.78 is 53.4. The van der Waals surface area contributed by atoms with Gasteiger partial charge < -0.3 is 5.73 Å². The van der Waals surface area contributed by atoms with E-state index in [0.29, 0.717) is 6.42 Å². The molecule has 2 N–H and O–H groups in total. The van der Waals surface area contributed by atoms with E-state index in [2.05, 4.69) is 0 Å². The summed E-state index contributed by atoms with van der Waals surface area (Å²) in [5.74, 6) is -2.29. The van der Waals surface area contributed by atoms with Crippen molar-refractivity contribution in [1.29, 1.82) is 0 Å². The molecule has 0 aliphatic rings. The van der Waals surface area contributed by atoms with Gasteiger partial charge in [0.2, 0.25) is 10.0 Å². The van der Waals surface area contributed by atoms with Crippen LogP contribution in [0.5, 0.6) is 0 Å². The zero-order valence-corrected chi connectivity index (χ0v) is 13.5. The minimum Gasteiger partial charge on any atom is -0.326 e. The van der Waals surface area contributed by atoms with Crippen LogP contribution >= 0.6 is 0 Å². The number of nitrogens with zero attached hydrogens (tertiary/aromatic N) is 1. The van der Waals surface area contributed by atoms with Crippen LogP contribution in [0, 0.1) is 17.6 Å². The van der Waals surface area contributed by atoms with Gasteiger partial charge in [-0.25, -0.2) is 17.2 Å². The number of hydrogen-bond donors (Lipinski definition) is 1. The molecular weight excluding hydrogens is 298 g/mol. The lowest BCUT2D eigenvalue weighted by Crippen LogP contribution is -2.36. The Hall–Kier alpha value is -1.05. The van der Waals surface area contributed by atoms with Gasteiger partial charge in [-0.15, -0.1) is 0 Å². The predicted molar refractivity (Wildman–Crippen MR) is 78.1 cm³/mol. The first-order valence-corrected chi connectivity index (χ1v) is 8.21. The van der Waals surface area contributed by atoms with Crippen molar-refractivity contribution in [2.45, 2.75) is 44.7 Å². The van der Waals surface area contributed by atoms with Crippen LogP contribution in [-0.4, -0.2) is 25.8 Å². The van der Waals surface area contributed by atoms with Gasteiger partial charge in [-0.3, -0.25) is 0 Å². The molecule has 1 aromatic carbocycles. The number of halogens is 2. The van der Waals surface area contributed by atoms with Crippen LogP contribution in [0.25, 0.3) is 0 Å². The van der Waals surface area contributed by atoms with Crippen LogP contribution in [-0.2, 0) is 16.6 Å². The Morgan fingerprint density at radius 3 is 2.29 bits per heavy atom. The molecule has 0 radical (unpaired) electrons. The molecule has 0 amide bonds. The van der Waals surface area contributed by atoms with E-state index in [4.69, 9.17) is 5.73 Å². The van der Waals surface area contributed by atoms with Crippen LogP contribution in [0.15, 0.2) is 17.0 Å². The Bertz CT molecular complexity index is 603. The number of sulfonamides is 1. The summed E-state index contributed by atoms with van der Waals surface area (Å²) >= 11 is 0. The maximum atomic E-state index is 13.9. The molecule has 1 atom stereocenters. The highest BCUT2D eigenvalue weighted by Crippen LogP contribution is 2.25. The van der Waals surface area contributed by atoms with Gasteiger partial charge in [0.15, 0.2) is 11.6 Å². The molecule has 0 spiro atoms. The summed E-state index contributed by atoms with van der Waals surface area (Å²) in [5, 5.41) is 0. The van der Waals surface area contributed by atoms with E-state index in [-0.39, 0.29) is 24.1 Å². The SMILES string of the molecule is CC(C)CC(C)N(C)S(=O)(=O)c1cc(CN)cc(F)c1F. The van der Waals surface area contributed by atoms with E-state index < -0.39 is 26.6 Å². The van der Waals surface area contributed by atoms with Crippen molar-refractivity contribution in [3.63, 3.8) is 0 Å². The fraction of sp³-hybridized carbons (Fsp3) is 0.571. The summed E-state index contributed by atoms with van der Waals surface area (Å²) in [7, 11) is -2.74. The molecule has 0 heterocycles. The molecule has 4 nitrogen and oxygen atoms in total. The molecular formula is C14H22F2N2O2S. The standard InChI is InChI=1S/C14H22F2N2O2S/c1-9(2)5-10(3)18(4)21(19,20)13-7-11(8-17)6-12(15)14(13)16/h6-7,9-10H,5,8,17H2,1-4H3. The van der Waals surface area contributed by atoms with Crippen molar-refractivity contribution in [1.82, 2.24) is 4.31 Å². The second kappa shape index (κ2) is 6.81. The zero-order chi connectivity index (χ0) is 16.4. The lowest BCUT2D eigenvalue weighted by molar-refractivity contribution is 0.335. The Balaban J connectivity index is 3.27. The van der Waals surface area contributed by atoms with Gasteiger partial charge in [0.05, 0.1) is 0 Å². The summed E-state index contributed by atoms with van der Waals surface area (Å²) in [6.45, 7) is 5.60. The molecule has 0 bridgehead atoms. The topological polar surface area (TPSA) is 63.4 Å². The highest BCUT2D eigenvalue weighted by Gasteiger charge is 2.30. The molecule has 1 aromatic rings. The molecule has 1 rings (SSSR count). The number of hydrogen-bond acceptors (Lipinski definition) is 3. The second-order valence-electron chi connectivity index (χ2n) is 5.59. The van der Waals surface area contributed by atoms with Crippen LogP contribution in [0.4, 0.5) is 8.78 Å². The minimum atomic E-state index is -4.11. The van der Waals surface area contributed by atoms with Gasteiger partial charge >= 0.3 is 0 Å². The molecule has 0 saturated heterocycles. The average Bonchev–Trinajstić information content (AvgIpc) is 2.39. The highest BCUT2D eigenvalue weighted by atomic mass is 32.2.